The highest BCUT2D eigenvalue weighted by Gasteiger charge is 2.29. The Morgan fingerprint density at radius 1 is 1.38 bits per heavy atom. The first kappa shape index (κ1) is 11.6. The predicted octanol–water partition coefficient (Wildman–Crippen LogP) is 2.67. The van der Waals surface area contributed by atoms with Gasteiger partial charge in [0, 0.05) is 4.47 Å². The molecule has 1 N–H and O–H groups in total. The Hall–Kier alpha value is -0.870. The third-order valence-electron chi connectivity index (χ3n) is 2.90. The number of rotatable bonds is 3. The lowest BCUT2D eigenvalue weighted by Gasteiger charge is -2.24. The van der Waals surface area contributed by atoms with Gasteiger partial charge in [0.1, 0.15) is 6.04 Å². The van der Waals surface area contributed by atoms with E-state index in [2.05, 4.69) is 15.9 Å². The van der Waals surface area contributed by atoms with Crippen LogP contribution in [0.3, 0.4) is 0 Å². The summed E-state index contributed by atoms with van der Waals surface area (Å²) in [6.07, 6.45) is 2.19. The molecule has 16 heavy (non-hydrogen) atoms. The van der Waals surface area contributed by atoms with E-state index in [9.17, 15) is 9.90 Å². The van der Waals surface area contributed by atoms with Gasteiger partial charge in [0.2, 0.25) is 0 Å². The standard InChI is InChI=1S/C12H14BrNO2/c13-10-5-3-4-9(8-10)11(12(15)16)14-6-1-2-7-14/h3-5,8,11H,1-2,6-7H2,(H,15,16)/t11-/m1/s1. The van der Waals surface area contributed by atoms with E-state index in [1.165, 1.54) is 0 Å². The number of benzene rings is 1. The first-order valence-corrected chi connectivity index (χ1v) is 6.20. The Kier molecular flexibility index (Phi) is 3.61. The smallest absolute Gasteiger partial charge is 0.325 e. The molecule has 2 rings (SSSR count). The average molecular weight is 284 g/mol. The Bertz CT molecular complexity index is 388. The van der Waals surface area contributed by atoms with Crippen molar-refractivity contribution in [2.24, 2.45) is 0 Å². The third-order valence-corrected chi connectivity index (χ3v) is 3.40. The predicted molar refractivity (Wildman–Crippen MR) is 65.3 cm³/mol. The lowest BCUT2D eigenvalue weighted by molar-refractivity contribution is -0.143. The fourth-order valence-corrected chi connectivity index (χ4v) is 2.60. The van der Waals surface area contributed by atoms with Crippen LogP contribution in [-0.4, -0.2) is 29.1 Å². The molecule has 1 fully saturated rings. The number of aliphatic carboxylic acids is 1. The van der Waals surface area contributed by atoms with E-state index in [1.807, 2.05) is 29.2 Å². The monoisotopic (exact) mass is 283 g/mol. The molecule has 86 valence electrons. The van der Waals surface area contributed by atoms with Crippen LogP contribution < -0.4 is 0 Å². The molecule has 1 aliphatic rings. The zero-order valence-corrected chi connectivity index (χ0v) is 10.5. The van der Waals surface area contributed by atoms with Crippen LogP contribution in [-0.2, 0) is 4.79 Å². The minimum Gasteiger partial charge on any atom is -0.480 e. The molecule has 1 heterocycles. The molecule has 0 spiro atoms. The van der Waals surface area contributed by atoms with E-state index < -0.39 is 12.0 Å². The van der Waals surface area contributed by atoms with Crippen LogP contribution in [0.25, 0.3) is 0 Å². The van der Waals surface area contributed by atoms with Crippen LogP contribution in [0.2, 0.25) is 0 Å². The molecule has 0 saturated carbocycles. The van der Waals surface area contributed by atoms with Crippen molar-refractivity contribution in [1.82, 2.24) is 4.90 Å². The second-order valence-corrected chi connectivity index (χ2v) is 4.95. The van der Waals surface area contributed by atoms with Gasteiger partial charge in [0.25, 0.3) is 0 Å². The molecule has 0 aliphatic carbocycles. The molecule has 3 nitrogen and oxygen atoms in total. The van der Waals surface area contributed by atoms with E-state index in [1.54, 1.807) is 0 Å². The van der Waals surface area contributed by atoms with Crippen LogP contribution >= 0.6 is 15.9 Å². The molecule has 1 aliphatic heterocycles. The highest BCUT2D eigenvalue weighted by atomic mass is 79.9. The molecule has 0 radical (unpaired) electrons. The summed E-state index contributed by atoms with van der Waals surface area (Å²) in [4.78, 5) is 13.4. The number of likely N-dealkylation sites (tertiary alicyclic amines) is 1. The van der Waals surface area contributed by atoms with Gasteiger partial charge in [-0.1, -0.05) is 28.1 Å². The third kappa shape index (κ3) is 2.44. The van der Waals surface area contributed by atoms with Gasteiger partial charge >= 0.3 is 5.97 Å². The minimum absolute atomic E-state index is 0.500. The van der Waals surface area contributed by atoms with Gasteiger partial charge in [0.05, 0.1) is 0 Å². The number of halogens is 1. The van der Waals surface area contributed by atoms with Crippen LogP contribution in [0, 0.1) is 0 Å². The van der Waals surface area contributed by atoms with Crippen molar-refractivity contribution >= 4 is 21.9 Å². The maximum absolute atomic E-state index is 11.3. The maximum atomic E-state index is 11.3. The molecule has 0 unspecified atom stereocenters. The number of carbonyl (C=O) groups is 1. The van der Waals surface area contributed by atoms with Gasteiger partial charge in [-0.3, -0.25) is 9.69 Å². The van der Waals surface area contributed by atoms with Gasteiger partial charge < -0.3 is 5.11 Å². The Balaban J connectivity index is 2.28. The largest absolute Gasteiger partial charge is 0.480 e. The van der Waals surface area contributed by atoms with Gasteiger partial charge in [0.15, 0.2) is 0 Å². The molecule has 1 atom stereocenters. The van der Waals surface area contributed by atoms with Crippen LogP contribution in [0.4, 0.5) is 0 Å². The average Bonchev–Trinajstić information content (AvgIpc) is 2.71. The molecule has 1 aromatic rings. The molecule has 0 aromatic heterocycles. The quantitative estimate of drug-likeness (QED) is 0.927. The summed E-state index contributed by atoms with van der Waals surface area (Å²) in [5, 5.41) is 9.32. The zero-order valence-electron chi connectivity index (χ0n) is 8.90. The Morgan fingerprint density at radius 2 is 2.06 bits per heavy atom. The molecule has 0 amide bonds. The number of hydrogen-bond acceptors (Lipinski definition) is 2. The topological polar surface area (TPSA) is 40.5 Å². The van der Waals surface area contributed by atoms with Crippen molar-refractivity contribution in [2.75, 3.05) is 13.1 Å². The first-order valence-electron chi connectivity index (χ1n) is 5.41. The molecule has 1 aromatic carbocycles. The summed E-state index contributed by atoms with van der Waals surface area (Å²) in [6, 6.07) is 7.05. The molecular weight excluding hydrogens is 270 g/mol. The maximum Gasteiger partial charge on any atom is 0.325 e. The van der Waals surface area contributed by atoms with E-state index in [4.69, 9.17) is 0 Å². The summed E-state index contributed by atoms with van der Waals surface area (Å²) in [5.74, 6) is -0.764. The number of nitrogens with zero attached hydrogens (tertiary/aromatic N) is 1. The van der Waals surface area contributed by atoms with E-state index in [0.717, 1.165) is 36.0 Å². The van der Waals surface area contributed by atoms with Gasteiger partial charge in [-0.2, -0.15) is 0 Å². The second kappa shape index (κ2) is 4.97. The Labute approximate surface area is 103 Å². The van der Waals surface area contributed by atoms with Crippen molar-refractivity contribution < 1.29 is 9.90 Å². The van der Waals surface area contributed by atoms with Crippen molar-refractivity contribution in [2.45, 2.75) is 18.9 Å². The molecular formula is C12H14BrNO2. The number of carboxylic acids is 1. The van der Waals surface area contributed by atoms with Gasteiger partial charge in [-0.15, -0.1) is 0 Å². The molecule has 1 saturated heterocycles. The van der Waals surface area contributed by atoms with Gasteiger partial charge in [-0.05, 0) is 43.6 Å². The highest BCUT2D eigenvalue weighted by molar-refractivity contribution is 9.10. The Morgan fingerprint density at radius 3 is 2.62 bits per heavy atom. The lowest BCUT2D eigenvalue weighted by Crippen LogP contribution is -2.31. The fraction of sp³-hybridized carbons (Fsp3) is 0.417. The number of carboxylic acid groups (broad SMARTS) is 1. The second-order valence-electron chi connectivity index (χ2n) is 4.04. The highest BCUT2D eigenvalue weighted by Crippen LogP contribution is 2.27. The van der Waals surface area contributed by atoms with E-state index in [0.29, 0.717) is 0 Å². The van der Waals surface area contributed by atoms with Crippen molar-refractivity contribution in [1.29, 1.82) is 0 Å². The lowest BCUT2D eigenvalue weighted by atomic mass is 10.1. The summed E-state index contributed by atoms with van der Waals surface area (Å²) in [5.41, 5.74) is 0.851. The minimum atomic E-state index is -0.764. The first-order chi connectivity index (χ1) is 7.68. The SMILES string of the molecule is O=C(O)[C@@H](c1cccc(Br)c1)N1CCCC1. The van der Waals surface area contributed by atoms with Crippen molar-refractivity contribution in [3.05, 3.63) is 34.3 Å². The van der Waals surface area contributed by atoms with E-state index in [-0.39, 0.29) is 0 Å². The van der Waals surface area contributed by atoms with Crippen molar-refractivity contribution in [3.63, 3.8) is 0 Å². The summed E-state index contributed by atoms with van der Waals surface area (Å²) in [7, 11) is 0. The van der Waals surface area contributed by atoms with E-state index >= 15 is 0 Å². The van der Waals surface area contributed by atoms with Crippen molar-refractivity contribution in [3.8, 4) is 0 Å². The molecule has 0 bridgehead atoms. The van der Waals surface area contributed by atoms with Crippen LogP contribution in [0.5, 0.6) is 0 Å². The zero-order chi connectivity index (χ0) is 11.5. The molecule has 4 heteroatoms. The summed E-state index contributed by atoms with van der Waals surface area (Å²) >= 11 is 3.38. The number of hydrogen-bond donors (Lipinski definition) is 1. The van der Waals surface area contributed by atoms with Crippen LogP contribution in [0.1, 0.15) is 24.4 Å². The normalized spacial score (nSPS) is 18.6. The summed E-state index contributed by atoms with van der Waals surface area (Å²) < 4.78 is 0.926. The fourth-order valence-electron chi connectivity index (χ4n) is 2.19. The van der Waals surface area contributed by atoms with Crippen LogP contribution in [0.15, 0.2) is 28.7 Å². The summed E-state index contributed by atoms with van der Waals surface area (Å²) in [6.45, 7) is 1.76. The van der Waals surface area contributed by atoms with Gasteiger partial charge in [-0.25, -0.2) is 0 Å².